The van der Waals surface area contributed by atoms with Crippen molar-refractivity contribution in [1.82, 2.24) is 14.9 Å². The number of fused-ring (bicyclic) bond motifs is 1. The second-order valence-corrected chi connectivity index (χ2v) is 7.57. The summed E-state index contributed by atoms with van der Waals surface area (Å²) in [6.07, 6.45) is 9.72. The minimum absolute atomic E-state index is 0.104. The van der Waals surface area contributed by atoms with Crippen LogP contribution in [0.4, 0.5) is 0 Å². The highest BCUT2D eigenvalue weighted by Crippen LogP contribution is 2.33. The summed E-state index contributed by atoms with van der Waals surface area (Å²) in [5.74, 6) is 2.49. The molecule has 2 aromatic rings. The minimum Gasteiger partial charge on any atom is -0.497 e. The summed E-state index contributed by atoms with van der Waals surface area (Å²) in [6, 6.07) is 7.02. The Kier molecular flexibility index (Phi) is 5.27. The molecule has 1 fully saturated rings. The zero-order chi connectivity index (χ0) is 17.9. The van der Waals surface area contributed by atoms with E-state index in [4.69, 9.17) is 9.47 Å². The molecule has 0 saturated carbocycles. The highest BCUT2D eigenvalue weighted by Gasteiger charge is 2.31. The van der Waals surface area contributed by atoms with Crippen LogP contribution < -0.4 is 10.1 Å². The van der Waals surface area contributed by atoms with Gasteiger partial charge in [0.05, 0.1) is 7.11 Å². The van der Waals surface area contributed by atoms with Gasteiger partial charge in [0, 0.05) is 44.6 Å². The molecule has 2 aliphatic rings. The van der Waals surface area contributed by atoms with E-state index in [0.717, 1.165) is 44.0 Å². The molecule has 1 unspecified atom stereocenters. The summed E-state index contributed by atoms with van der Waals surface area (Å²) in [5, 5.41) is 3.82. The number of methoxy groups -OCH3 is 1. The first-order valence-corrected chi connectivity index (χ1v) is 9.72. The average molecular weight is 355 g/mol. The normalized spacial score (nSPS) is 25.7. The van der Waals surface area contributed by atoms with Crippen molar-refractivity contribution in [3.05, 3.63) is 47.5 Å². The van der Waals surface area contributed by atoms with E-state index in [1.54, 1.807) is 7.11 Å². The lowest BCUT2D eigenvalue weighted by molar-refractivity contribution is -0.0351. The number of imidazole rings is 1. The zero-order valence-corrected chi connectivity index (χ0v) is 15.8. The molecule has 1 aromatic carbocycles. The van der Waals surface area contributed by atoms with Crippen molar-refractivity contribution in [2.24, 2.45) is 13.0 Å². The maximum absolute atomic E-state index is 6.10. The molecule has 4 rings (SSSR count). The number of benzene rings is 1. The third-order valence-electron chi connectivity index (χ3n) is 5.87. The number of hydrogen-bond donors (Lipinski definition) is 1. The maximum atomic E-state index is 6.10. The van der Waals surface area contributed by atoms with Crippen LogP contribution in [0.15, 0.2) is 30.6 Å². The van der Waals surface area contributed by atoms with E-state index in [9.17, 15) is 0 Å². The van der Waals surface area contributed by atoms with Gasteiger partial charge in [0.2, 0.25) is 0 Å². The molecule has 0 amide bonds. The molecule has 1 aliphatic carbocycles. The Morgan fingerprint density at radius 2 is 2.23 bits per heavy atom. The van der Waals surface area contributed by atoms with Gasteiger partial charge in [-0.3, -0.25) is 0 Å². The molecule has 1 saturated heterocycles. The lowest BCUT2D eigenvalue weighted by Gasteiger charge is -2.34. The molecule has 2 heterocycles. The van der Waals surface area contributed by atoms with Crippen molar-refractivity contribution in [2.75, 3.05) is 20.3 Å². The standard InChI is InChI=1S/C21H29N3O2/c1-24-10-9-22-21(24)20-16(4-3-11-26-20)14-23-18-7-5-15-6-8-19(25-2)13-17(15)12-18/h6,8-10,13,16,18,20,23H,3-5,7,11-12,14H2,1-2H3/t16-,18?,20+/m0/s1. The Hall–Kier alpha value is -1.85. The predicted molar refractivity (Wildman–Crippen MR) is 101 cm³/mol. The second kappa shape index (κ2) is 7.80. The van der Waals surface area contributed by atoms with Gasteiger partial charge in [-0.1, -0.05) is 6.07 Å². The Morgan fingerprint density at radius 3 is 3.04 bits per heavy atom. The number of nitrogens with one attached hydrogen (secondary N) is 1. The Bertz CT molecular complexity index is 743. The van der Waals surface area contributed by atoms with Gasteiger partial charge in [0.15, 0.2) is 0 Å². The Morgan fingerprint density at radius 1 is 1.31 bits per heavy atom. The van der Waals surface area contributed by atoms with Gasteiger partial charge in [-0.05, 0) is 55.4 Å². The number of rotatable bonds is 5. The van der Waals surface area contributed by atoms with Crippen molar-refractivity contribution < 1.29 is 9.47 Å². The first-order chi connectivity index (χ1) is 12.7. The van der Waals surface area contributed by atoms with Gasteiger partial charge < -0.3 is 19.4 Å². The number of ether oxygens (including phenoxy) is 2. The van der Waals surface area contributed by atoms with Crippen LogP contribution >= 0.6 is 0 Å². The van der Waals surface area contributed by atoms with Crippen molar-refractivity contribution in [3.8, 4) is 5.75 Å². The molecule has 0 radical (unpaired) electrons. The fourth-order valence-corrected chi connectivity index (χ4v) is 4.34. The number of aromatic nitrogens is 2. The maximum Gasteiger partial charge on any atom is 0.137 e. The number of hydrogen-bond acceptors (Lipinski definition) is 4. The number of aryl methyl sites for hydroxylation is 2. The van der Waals surface area contributed by atoms with Crippen LogP contribution in [0.5, 0.6) is 5.75 Å². The van der Waals surface area contributed by atoms with E-state index >= 15 is 0 Å². The quantitative estimate of drug-likeness (QED) is 0.896. The Labute approximate surface area is 155 Å². The zero-order valence-electron chi connectivity index (χ0n) is 15.8. The van der Waals surface area contributed by atoms with E-state index < -0.39 is 0 Å². The van der Waals surface area contributed by atoms with E-state index in [1.165, 1.54) is 24.0 Å². The van der Waals surface area contributed by atoms with Gasteiger partial charge in [-0.25, -0.2) is 4.98 Å². The molecular weight excluding hydrogens is 326 g/mol. The highest BCUT2D eigenvalue weighted by atomic mass is 16.5. The van der Waals surface area contributed by atoms with E-state index in [-0.39, 0.29) is 6.10 Å². The molecular formula is C21H29N3O2. The summed E-state index contributed by atoms with van der Waals surface area (Å²) in [7, 11) is 3.79. The monoisotopic (exact) mass is 355 g/mol. The van der Waals surface area contributed by atoms with Crippen LogP contribution in [0.1, 0.15) is 42.3 Å². The SMILES string of the molecule is COc1ccc2c(c1)CC(NC[C@@H]1CCCO[C@H]1c1nccn1C)CC2. The minimum atomic E-state index is 0.104. The van der Waals surface area contributed by atoms with Crippen molar-refractivity contribution >= 4 is 0 Å². The summed E-state index contributed by atoms with van der Waals surface area (Å²) in [4.78, 5) is 4.53. The first kappa shape index (κ1) is 17.6. The third kappa shape index (κ3) is 3.64. The van der Waals surface area contributed by atoms with Crippen LogP contribution in [-0.2, 0) is 24.6 Å². The largest absolute Gasteiger partial charge is 0.497 e. The smallest absolute Gasteiger partial charge is 0.137 e. The van der Waals surface area contributed by atoms with Gasteiger partial charge in [0.25, 0.3) is 0 Å². The lowest BCUT2D eigenvalue weighted by atomic mass is 9.87. The van der Waals surface area contributed by atoms with Crippen molar-refractivity contribution in [1.29, 1.82) is 0 Å². The topological polar surface area (TPSA) is 48.3 Å². The highest BCUT2D eigenvalue weighted by molar-refractivity contribution is 5.37. The van der Waals surface area contributed by atoms with E-state index in [0.29, 0.717) is 12.0 Å². The van der Waals surface area contributed by atoms with E-state index in [1.807, 2.05) is 12.4 Å². The molecule has 1 aliphatic heterocycles. The van der Waals surface area contributed by atoms with Crippen molar-refractivity contribution in [3.63, 3.8) is 0 Å². The molecule has 1 aromatic heterocycles. The van der Waals surface area contributed by atoms with Crippen LogP contribution in [0, 0.1) is 5.92 Å². The van der Waals surface area contributed by atoms with E-state index in [2.05, 4.69) is 40.1 Å². The molecule has 0 bridgehead atoms. The molecule has 0 spiro atoms. The first-order valence-electron chi connectivity index (χ1n) is 9.72. The fourth-order valence-electron chi connectivity index (χ4n) is 4.34. The summed E-state index contributed by atoms with van der Waals surface area (Å²) in [5.41, 5.74) is 2.89. The second-order valence-electron chi connectivity index (χ2n) is 7.57. The predicted octanol–water partition coefficient (Wildman–Crippen LogP) is 3.04. The molecule has 3 atom stereocenters. The van der Waals surface area contributed by atoms with Crippen molar-refractivity contribution in [2.45, 2.75) is 44.2 Å². The number of nitrogens with zero attached hydrogens (tertiary/aromatic N) is 2. The van der Waals surface area contributed by atoms with Gasteiger partial charge in [-0.15, -0.1) is 0 Å². The lowest BCUT2D eigenvalue weighted by Crippen LogP contribution is -2.40. The van der Waals surface area contributed by atoms with Crippen LogP contribution in [0.25, 0.3) is 0 Å². The molecule has 5 nitrogen and oxygen atoms in total. The molecule has 26 heavy (non-hydrogen) atoms. The van der Waals surface area contributed by atoms with Crippen LogP contribution in [0.3, 0.4) is 0 Å². The Balaban J connectivity index is 1.39. The third-order valence-corrected chi connectivity index (χ3v) is 5.87. The summed E-state index contributed by atoms with van der Waals surface area (Å²) in [6.45, 7) is 1.83. The van der Waals surface area contributed by atoms with Gasteiger partial charge in [-0.2, -0.15) is 0 Å². The molecule has 5 heteroatoms. The summed E-state index contributed by atoms with van der Waals surface area (Å²) < 4.78 is 13.6. The average Bonchev–Trinajstić information content (AvgIpc) is 3.11. The van der Waals surface area contributed by atoms with Crippen LogP contribution in [-0.4, -0.2) is 35.9 Å². The summed E-state index contributed by atoms with van der Waals surface area (Å²) >= 11 is 0. The molecule has 1 N–H and O–H groups in total. The fraction of sp³-hybridized carbons (Fsp3) is 0.571. The van der Waals surface area contributed by atoms with Gasteiger partial charge >= 0.3 is 0 Å². The molecule has 140 valence electrons. The van der Waals surface area contributed by atoms with Gasteiger partial charge in [0.1, 0.15) is 17.7 Å². The van der Waals surface area contributed by atoms with Crippen LogP contribution in [0.2, 0.25) is 0 Å².